The highest BCUT2D eigenvalue weighted by Gasteiger charge is 2.40. The first-order valence-corrected chi connectivity index (χ1v) is 13.7. The number of ether oxygens (including phenoxy) is 3. The number of carbonyl (C=O) groups excluding carboxylic acids is 3. The molecule has 1 N–H and O–H groups in total. The number of thiophene rings is 1. The van der Waals surface area contributed by atoms with Gasteiger partial charge in [0.1, 0.15) is 12.6 Å². The van der Waals surface area contributed by atoms with Crippen molar-refractivity contribution in [3.8, 4) is 11.5 Å². The average Bonchev–Trinajstić information content (AvgIpc) is 3.49. The van der Waals surface area contributed by atoms with Crippen LogP contribution in [0.3, 0.4) is 0 Å². The molecule has 198 valence electrons. The summed E-state index contributed by atoms with van der Waals surface area (Å²) in [7, 11) is 1.30. The van der Waals surface area contributed by atoms with E-state index in [0.717, 1.165) is 32.1 Å². The number of hydrogen-bond donors (Lipinski definition) is 1. The molecule has 8 nitrogen and oxygen atoms in total. The number of esters is 1. The second kappa shape index (κ2) is 11.7. The maximum Gasteiger partial charge on any atom is 0.337 e. The molecule has 3 aromatic rings. The molecule has 1 aromatic heterocycles. The van der Waals surface area contributed by atoms with E-state index in [2.05, 4.69) is 5.32 Å². The number of amides is 2. The lowest BCUT2D eigenvalue weighted by Crippen LogP contribution is -2.52. The number of anilines is 1. The highest BCUT2D eigenvalue weighted by molar-refractivity contribution is 7.10. The van der Waals surface area contributed by atoms with E-state index in [0.29, 0.717) is 22.1 Å². The van der Waals surface area contributed by atoms with Crippen LogP contribution in [0.1, 0.15) is 53.4 Å². The number of para-hydroxylation sites is 2. The van der Waals surface area contributed by atoms with Gasteiger partial charge in [0.25, 0.3) is 5.91 Å². The molecule has 1 fully saturated rings. The predicted molar refractivity (Wildman–Crippen MR) is 144 cm³/mol. The van der Waals surface area contributed by atoms with Crippen LogP contribution in [0.15, 0.2) is 66.0 Å². The first kappa shape index (κ1) is 25.8. The summed E-state index contributed by atoms with van der Waals surface area (Å²) in [5.74, 6) is -0.239. The Balaban J connectivity index is 1.54. The zero-order chi connectivity index (χ0) is 26.5. The molecular weight excluding hydrogens is 504 g/mol. The van der Waals surface area contributed by atoms with Crippen molar-refractivity contribution in [3.05, 3.63) is 76.5 Å². The minimum atomic E-state index is -0.989. The standard InChI is InChI=1S/C29H30N2O6S/c1-35-29(34)19-9-7-12-21(17-19)31(28(33)24-18-36-22-13-5-6-14-23(22)37-24)26(25-15-8-16-38-25)27(32)30-20-10-3-2-4-11-20/h5-9,12-17,20,24,26H,2-4,10-11,18H2,1H3,(H,30,32)/t24-,26+/m0/s1. The van der Waals surface area contributed by atoms with Crippen molar-refractivity contribution in [2.75, 3.05) is 18.6 Å². The number of methoxy groups -OCH3 is 1. The van der Waals surface area contributed by atoms with E-state index in [-0.39, 0.29) is 24.1 Å². The Morgan fingerprint density at radius 2 is 1.79 bits per heavy atom. The van der Waals surface area contributed by atoms with E-state index < -0.39 is 24.0 Å². The van der Waals surface area contributed by atoms with Gasteiger partial charge in [0, 0.05) is 16.6 Å². The van der Waals surface area contributed by atoms with Gasteiger partial charge in [-0.05, 0) is 54.6 Å². The minimum Gasteiger partial charge on any atom is -0.485 e. The molecule has 1 aliphatic heterocycles. The lowest BCUT2D eigenvalue weighted by Gasteiger charge is -2.36. The molecule has 1 saturated carbocycles. The summed E-state index contributed by atoms with van der Waals surface area (Å²) in [5, 5.41) is 5.06. The number of nitrogens with zero attached hydrogens (tertiary/aromatic N) is 1. The zero-order valence-corrected chi connectivity index (χ0v) is 21.9. The van der Waals surface area contributed by atoms with Crippen LogP contribution in [0, 0.1) is 0 Å². The van der Waals surface area contributed by atoms with Crippen molar-refractivity contribution in [1.82, 2.24) is 5.32 Å². The maximum absolute atomic E-state index is 14.2. The normalized spacial score (nSPS) is 17.8. The van der Waals surface area contributed by atoms with Crippen molar-refractivity contribution < 1.29 is 28.6 Å². The molecule has 1 aliphatic carbocycles. The van der Waals surface area contributed by atoms with Gasteiger partial charge in [0.2, 0.25) is 12.0 Å². The molecule has 5 rings (SSSR count). The Kier molecular flexibility index (Phi) is 7.93. The van der Waals surface area contributed by atoms with E-state index in [1.165, 1.54) is 23.3 Å². The van der Waals surface area contributed by atoms with Crippen LogP contribution < -0.4 is 19.7 Å². The second-order valence-electron chi connectivity index (χ2n) is 9.38. The average molecular weight is 535 g/mol. The van der Waals surface area contributed by atoms with Crippen molar-refractivity contribution in [2.24, 2.45) is 0 Å². The smallest absolute Gasteiger partial charge is 0.337 e. The number of rotatable bonds is 7. The third-order valence-corrected chi connectivity index (χ3v) is 7.76. The number of benzene rings is 2. The fourth-order valence-electron chi connectivity index (χ4n) is 4.95. The number of hydrogen-bond acceptors (Lipinski definition) is 7. The van der Waals surface area contributed by atoms with E-state index in [1.54, 1.807) is 42.5 Å². The summed E-state index contributed by atoms with van der Waals surface area (Å²) in [6.45, 7) is -0.00948. The molecule has 9 heteroatoms. The third kappa shape index (κ3) is 5.52. The molecule has 2 atom stereocenters. The van der Waals surface area contributed by atoms with E-state index in [9.17, 15) is 14.4 Å². The Bertz CT molecular complexity index is 1290. The molecule has 2 aromatic carbocycles. The van der Waals surface area contributed by atoms with Crippen LogP contribution in [-0.2, 0) is 14.3 Å². The predicted octanol–water partition coefficient (Wildman–Crippen LogP) is 4.90. The van der Waals surface area contributed by atoms with Gasteiger partial charge >= 0.3 is 5.97 Å². The fraction of sp³-hybridized carbons (Fsp3) is 0.345. The lowest BCUT2D eigenvalue weighted by molar-refractivity contribution is -0.132. The van der Waals surface area contributed by atoms with Crippen LogP contribution >= 0.6 is 11.3 Å². The van der Waals surface area contributed by atoms with Crippen molar-refractivity contribution in [1.29, 1.82) is 0 Å². The molecule has 2 amide bonds. The van der Waals surface area contributed by atoms with E-state index in [1.807, 2.05) is 23.6 Å². The summed E-state index contributed by atoms with van der Waals surface area (Å²) < 4.78 is 16.8. The zero-order valence-electron chi connectivity index (χ0n) is 21.1. The van der Waals surface area contributed by atoms with Gasteiger partial charge in [-0.1, -0.05) is 43.5 Å². The van der Waals surface area contributed by atoms with Crippen molar-refractivity contribution in [2.45, 2.75) is 50.3 Å². The fourth-order valence-corrected chi connectivity index (χ4v) is 5.76. The Morgan fingerprint density at radius 3 is 2.53 bits per heavy atom. The van der Waals surface area contributed by atoms with E-state index >= 15 is 0 Å². The summed E-state index contributed by atoms with van der Waals surface area (Å²) in [5.41, 5.74) is 0.657. The van der Waals surface area contributed by atoms with Crippen LogP contribution in [0.4, 0.5) is 5.69 Å². The second-order valence-corrected chi connectivity index (χ2v) is 10.4. The van der Waals surface area contributed by atoms with Crippen LogP contribution in [-0.4, -0.2) is 43.6 Å². The largest absolute Gasteiger partial charge is 0.485 e. The Labute approximate surface area is 225 Å². The van der Waals surface area contributed by atoms with Crippen LogP contribution in [0.25, 0.3) is 0 Å². The monoisotopic (exact) mass is 534 g/mol. The molecule has 2 heterocycles. The minimum absolute atomic E-state index is 0.00948. The Hall–Kier alpha value is -3.85. The number of fused-ring (bicyclic) bond motifs is 1. The maximum atomic E-state index is 14.2. The third-order valence-electron chi connectivity index (χ3n) is 6.84. The van der Waals surface area contributed by atoms with Crippen LogP contribution in [0.2, 0.25) is 0 Å². The number of nitrogens with one attached hydrogen (secondary N) is 1. The van der Waals surface area contributed by atoms with Gasteiger partial charge in [-0.2, -0.15) is 0 Å². The van der Waals surface area contributed by atoms with Crippen molar-refractivity contribution in [3.63, 3.8) is 0 Å². The molecule has 0 bridgehead atoms. The van der Waals surface area contributed by atoms with Gasteiger partial charge < -0.3 is 19.5 Å². The molecule has 38 heavy (non-hydrogen) atoms. The van der Waals surface area contributed by atoms with Gasteiger partial charge in [0.15, 0.2) is 11.5 Å². The van der Waals surface area contributed by atoms with Gasteiger partial charge in [-0.25, -0.2) is 4.79 Å². The first-order valence-electron chi connectivity index (χ1n) is 12.8. The quantitative estimate of drug-likeness (QED) is 0.434. The molecule has 0 spiro atoms. The SMILES string of the molecule is COC(=O)c1cccc(N(C(=O)[C@@H]2COc3ccccc3O2)[C@@H](C(=O)NC2CCCCC2)c2cccs2)c1. The molecular formula is C29H30N2O6S. The van der Waals surface area contributed by atoms with E-state index in [4.69, 9.17) is 14.2 Å². The molecule has 0 radical (unpaired) electrons. The van der Waals surface area contributed by atoms with Crippen molar-refractivity contribution >= 4 is 34.8 Å². The Morgan fingerprint density at radius 1 is 1.00 bits per heavy atom. The molecule has 0 saturated heterocycles. The topological polar surface area (TPSA) is 94.2 Å². The van der Waals surface area contributed by atoms with Gasteiger partial charge in [-0.3, -0.25) is 14.5 Å². The summed E-state index contributed by atoms with van der Waals surface area (Å²) in [4.78, 5) is 42.6. The highest BCUT2D eigenvalue weighted by Crippen LogP contribution is 2.36. The van der Waals surface area contributed by atoms with Gasteiger partial charge in [-0.15, -0.1) is 11.3 Å². The molecule has 2 aliphatic rings. The number of carbonyl (C=O) groups is 3. The lowest BCUT2D eigenvalue weighted by atomic mass is 9.95. The molecule has 0 unspecified atom stereocenters. The van der Waals surface area contributed by atoms with Crippen LogP contribution in [0.5, 0.6) is 11.5 Å². The summed E-state index contributed by atoms with van der Waals surface area (Å²) >= 11 is 1.39. The summed E-state index contributed by atoms with van der Waals surface area (Å²) in [6.07, 6.45) is 4.11. The highest BCUT2D eigenvalue weighted by atomic mass is 32.1. The summed E-state index contributed by atoms with van der Waals surface area (Å²) in [6, 6.07) is 16.5. The first-order chi connectivity index (χ1) is 18.5. The van der Waals surface area contributed by atoms with Gasteiger partial charge in [0.05, 0.1) is 12.7 Å².